The Labute approximate surface area is 202 Å². The van der Waals surface area contributed by atoms with Crippen molar-refractivity contribution in [3.05, 3.63) is 82.9 Å². The predicted octanol–water partition coefficient (Wildman–Crippen LogP) is 5.66. The minimum absolute atomic E-state index is 0.0518. The van der Waals surface area contributed by atoms with E-state index in [4.69, 9.17) is 4.42 Å². The molecule has 0 N–H and O–H groups in total. The van der Waals surface area contributed by atoms with Crippen molar-refractivity contribution < 1.29 is 21.6 Å². The number of hydrogen-bond donors (Lipinski definition) is 0. The van der Waals surface area contributed by atoms with Gasteiger partial charge in [-0.3, -0.25) is 4.99 Å². The molecule has 1 aliphatic rings. The maximum atomic E-state index is 14.1. The number of nitrogens with zero attached hydrogens (tertiary/aromatic N) is 3. The van der Waals surface area contributed by atoms with Crippen LogP contribution in [0.25, 0.3) is 22.6 Å². The molecule has 0 saturated heterocycles. The van der Waals surface area contributed by atoms with Crippen LogP contribution in [0.4, 0.5) is 8.78 Å². The quantitative estimate of drug-likeness (QED) is 0.358. The van der Waals surface area contributed by atoms with Crippen LogP contribution < -0.4 is 0 Å². The van der Waals surface area contributed by atoms with E-state index in [0.29, 0.717) is 41.1 Å². The van der Waals surface area contributed by atoms with Crippen molar-refractivity contribution in [1.82, 2.24) is 9.29 Å². The van der Waals surface area contributed by atoms with Gasteiger partial charge in [0.2, 0.25) is 15.9 Å². The molecule has 0 bridgehead atoms. The average molecular weight is 496 g/mol. The highest BCUT2D eigenvalue weighted by atomic mass is 32.2. The van der Waals surface area contributed by atoms with E-state index in [-0.39, 0.29) is 16.5 Å². The van der Waals surface area contributed by atoms with E-state index < -0.39 is 21.7 Å². The molecule has 0 fully saturated rings. The fourth-order valence-electron chi connectivity index (χ4n) is 4.30. The summed E-state index contributed by atoms with van der Waals surface area (Å²) in [5, 5.41) is 0. The van der Waals surface area contributed by atoms with E-state index in [1.165, 1.54) is 38.4 Å². The summed E-state index contributed by atoms with van der Waals surface area (Å²) in [6.45, 7) is 1.72. The maximum absolute atomic E-state index is 14.1. The van der Waals surface area contributed by atoms with E-state index in [0.717, 1.165) is 15.4 Å². The zero-order valence-corrected chi connectivity index (χ0v) is 20.2. The summed E-state index contributed by atoms with van der Waals surface area (Å²) in [6.07, 6.45) is 1.15. The van der Waals surface area contributed by atoms with Gasteiger partial charge < -0.3 is 4.42 Å². The smallest absolute Gasteiger partial charge is 0.242 e. The van der Waals surface area contributed by atoms with Crippen LogP contribution in [0, 0.1) is 18.6 Å². The van der Waals surface area contributed by atoms with Gasteiger partial charge in [0, 0.05) is 31.4 Å². The zero-order valence-electron chi connectivity index (χ0n) is 19.4. The lowest BCUT2D eigenvalue weighted by Gasteiger charge is -2.13. The van der Waals surface area contributed by atoms with Crippen LogP contribution >= 0.6 is 0 Å². The van der Waals surface area contributed by atoms with E-state index >= 15 is 0 Å². The van der Waals surface area contributed by atoms with Crippen LogP contribution in [0.3, 0.4) is 0 Å². The number of hydrogen-bond acceptors (Lipinski definition) is 5. The molecule has 6 nitrogen and oxygen atoms in total. The van der Waals surface area contributed by atoms with Crippen LogP contribution in [0.2, 0.25) is 0 Å². The second-order valence-electron chi connectivity index (χ2n) is 8.74. The van der Waals surface area contributed by atoms with Gasteiger partial charge in [-0.1, -0.05) is 18.2 Å². The highest BCUT2D eigenvalue weighted by Gasteiger charge is 2.25. The van der Waals surface area contributed by atoms with Gasteiger partial charge in [0.1, 0.15) is 17.2 Å². The molecular weight excluding hydrogens is 472 g/mol. The number of aryl methyl sites for hydroxylation is 1. The molecule has 0 spiro atoms. The lowest BCUT2D eigenvalue weighted by atomic mass is 10.0. The third kappa shape index (κ3) is 4.15. The molecule has 0 radical (unpaired) electrons. The Morgan fingerprint density at radius 3 is 2.37 bits per heavy atom. The lowest BCUT2D eigenvalue weighted by molar-refractivity contribution is 0.520. The first kappa shape index (κ1) is 23.3. The van der Waals surface area contributed by atoms with E-state index in [1.54, 1.807) is 13.0 Å². The molecule has 2 heterocycles. The number of benzene rings is 3. The van der Waals surface area contributed by atoms with Gasteiger partial charge in [-0.2, -0.15) is 0 Å². The minimum atomic E-state index is -3.61. The van der Waals surface area contributed by atoms with Crippen molar-refractivity contribution in [2.75, 3.05) is 14.1 Å². The van der Waals surface area contributed by atoms with E-state index in [9.17, 15) is 17.2 Å². The molecule has 0 aliphatic carbocycles. The van der Waals surface area contributed by atoms with Crippen molar-refractivity contribution in [1.29, 1.82) is 0 Å². The number of oxazole rings is 1. The number of aliphatic imine (C=N–C) groups is 1. The van der Waals surface area contributed by atoms with E-state index in [2.05, 4.69) is 9.98 Å². The Morgan fingerprint density at radius 2 is 1.71 bits per heavy atom. The summed E-state index contributed by atoms with van der Waals surface area (Å²) in [5.74, 6) is -0.839. The summed E-state index contributed by atoms with van der Waals surface area (Å²) in [5.41, 5.74) is 3.57. The minimum Gasteiger partial charge on any atom is -0.436 e. The largest absolute Gasteiger partial charge is 0.436 e. The molecule has 9 heteroatoms. The molecule has 5 rings (SSSR count). The first-order valence-corrected chi connectivity index (χ1v) is 12.5. The Hall–Kier alpha value is -3.43. The summed E-state index contributed by atoms with van der Waals surface area (Å²) in [6, 6.07) is 14.3. The molecule has 0 amide bonds. The van der Waals surface area contributed by atoms with Crippen LogP contribution in [0.5, 0.6) is 0 Å². The Bertz CT molecular complexity index is 1560. The topological polar surface area (TPSA) is 75.8 Å². The van der Waals surface area contributed by atoms with Gasteiger partial charge in [-0.25, -0.2) is 26.5 Å². The standard InChI is InChI=1S/C26H23F2N3O3S/c1-15-13-22-23(14-24(15)35(32,33)31(2)3)34-26(30-22)17-9-7-16(8-10-17)20-11-12-21(29-20)25-18(27)5-4-6-19(25)28/h4-10,13-14,20H,11-12H2,1-3H3. The van der Waals surface area contributed by atoms with Crippen LogP contribution in [0.1, 0.15) is 35.6 Å². The van der Waals surface area contributed by atoms with E-state index in [1.807, 2.05) is 24.3 Å². The fourth-order valence-corrected chi connectivity index (χ4v) is 5.42. The van der Waals surface area contributed by atoms with Gasteiger partial charge in [0.15, 0.2) is 5.58 Å². The second kappa shape index (κ2) is 8.66. The number of halogens is 2. The van der Waals surface area contributed by atoms with Crippen LogP contribution in [-0.2, 0) is 10.0 Å². The lowest BCUT2D eigenvalue weighted by Crippen LogP contribution is -2.22. The zero-order chi connectivity index (χ0) is 24.9. The van der Waals surface area contributed by atoms with Gasteiger partial charge in [0.25, 0.3) is 0 Å². The molecule has 0 saturated carbocycles. The molecule has 1 aliphatic heterocycles. The predicted molar refractivity (Wildman–Crippen MR) is 130 cm³/mol. The molecule has 3 aromatic carbocycles. The van der Waals surface area contributed by atoms with Crippen molar-refractivity contribution in [2.24, 2.45) is 4.99 Å². The van der Waals surface area contributed by atoms with Crippen LogP contribution in [0.15, 0.2) is 68.9 Å². The summed E-state index contributed by atoms with van der Waals surface area (Å²) in [4.78, 5) is 9.28. The number of rotatable bonds is 5. The normalized spacial score (nSPS) is 16.3. The molecular formula is C26H23F2N3O3S. The number of aromatic nitrogens is 1. The van der Waals surface area contributed by atoms with Gasteiger partial charge in [-0.05, 0) is 61.2 Å². The molecule has 1 aromatic heterocycles. The third-order valence-electron chi connectivity index (χ3n) is 6.20. The Morgan fingerprint density at radius 1 is 1.03 bits per heavy atom. The number of sulfonamides is 1. The summed E-state index contributed by atoms with van der Waals surface area (Å²) < 4.78 is 60.5. The summed E-state index contributed by atoms with van der Waals surface area (Å²) in [7, 11) is -0.648. The third-order valence-corrected chi connectivity index (χ3v) is 8.16. The molecule has 180 valence electrons. The van der Waals surface area contributed by atoms with Gasteiger partial charge >= 0.3 is 0 Å². The monoisotopic (exact) mass is 495 g/mol. The van der Waals surface area contributed by atoms with Gasteiger partial charge in [0.05, 0.1) is 16.5 Å². The van der Waals surface area contributed by atoms with Crippen molar-refractivity contribution in [3.8, 4) is 11.5 Å². The second-order valence-corrected chi connectivity index (χ2v) is 10.9. The van der Waals surface area contributed by atoms with Crippen molar-refractivity contribution >= 4 is 26.8 Å². The number of fused-ring (bicyclic) bond motifs is 1. The van der Waals surface area contributed by atoms with Gasteiger partial charge in [-0.15, -0.1) is 0 Å². The molecule has 4 aromatic rings. The first-order chi connectivity index (χ1) is 16.6. The SMILES string of the molecule is Cc1cc2nc(-c3ccc(C4CCC(c5c(F)cccc5F)=N4)cc3)oc2cc1S(=O)(=O)N(C)C. The highest BCUT2D eigenvalue weighted by Crippen LogP contribution is 2.34. The fraction of sp³-hybridized carbons (Fsp3) is 0.231. The highest BCUT2D eigenvalue weighted by molar-refractivity contribution is 7.89. The molecule has 1 unspecified atom stereocenters. The first-order valence-electron chi connectivity index (χ1n) is 11.1. The average Bonchev–Trinajstić information content (AvgIpc) is 3.45. The van der Waals surface area contributed by atoms with Crippen LogP contribution in [-0.4, -0.2) is 37.5 Å². The van der Waals surface area contributed by atoms with Crippen molar-refractivity contribution in [3.63, 3.8) is 0 Å². The molecule has 1 atom stereocenters. The van der Waals surface area contributed by atoms with Crippen molar-refractivity contribution in [2.45, 2.75) is 30.7 Å². The maximum Gasteiger partial charge on any atom is 0.242 e. The summed E-state index contributed by atoms with van der Waals surface area (Å²) >= 11 is 0. The molecule has 35 heavy (non-hydrogen) atoms. The Kier molecular flexibility index (Phi) is 5.77. The Balaban J connectivity index is 1.43.